The fraction of sp³-hybridized carbons (Fsp3) is 0.385. The molecule has 2 heterocycles. The van der Waals surface area contributed by atoms with Crippen molar-refractivity contribution in [3.8, 4) is 17.3 Å². The Morgan fingerprint density at radius 2 is 1.91 bits per heavy atom. The van der Waals surface area contributed by atoms with E-state index in [0.29, 0.717) is 30.2 Å². The molecule has 8 nitrogen and oxygen atoms in total. The average molecular weight is 494 g/mol. The third-order valence-electron chi connectivity index (χ3n) is 6.63. The first kappa shape index (κ1) is 23.5. The summed E-state index contributed by atoms with van der Waals surface area (Å²) in [7, 11) is 0. The zero-order valence-corrected chi connectivity index (χ0v) is 20.6. The van der Waals surface area contributed by atoms with Gasteiger partial charge in [-0.05, 0) is 74.4 Å². The molecule has 0 aromatic heterocycles. The molecule has 5 rings (SSSR count). The number of fused-ring (bicyclic) bond motifs is 2. The van der Waals surface area contributed by atoms with Crippen molar-refractivity contribution in [3.63, 3.8) is 0 Å². The number of halogens is 1. The Hall–Kier alpha value is -3.23. The summed E-state index contributed by atoms with van der Waals surface area (Å²) in [6, 6.07) is 9.73. The zero-order chi connectivity index (χ0) is 24.5. The van der Waals surface area contributed by atoms with Gasteiger partial charge >= 0.3 is 5.69 Å². The minimum Gasteiger partial charge on any atom is -0.490 e. The molecule has 2 N–H and O–H groups in total. The Morgan fingerprint density at radius 1 is 1.11 bits per heavy atom. The van der Waals surface area contributed by atoms with Crippen molar-refractivity contribution < 1.29 is 4.74 Å². The van der Waals surface area contributed by atoms with Gasteiger partial charge in [-0.25, -0.2) is 9.78 Å². The second-order valence-electron chi connectivity index (χ2n) is 9.19. The highest BCUT2D eigenvalue weighted by Crippen LogP contribution is 2.31. The predicted molar refractivity (Wildman–Crippen MR) is 137 cm³/mol. The van der Waals surface area contributed by atoms with Gasteiger partial charge in [-0.2, -0.15) is 4.98 Å². The highest BCUT2D eigenvalue weighted by atomic mass is 35.5. The predicted octanol–water partition coefficient (Wildman–Crippen LogP) is 3.97. The first-order valence-corrected chi connectivity index (χ1v) is 12.3. The second-order valence-corrected chi connectivity index (χ2v) is 9.62. The van der Waals surface area contributed by atoms with Crippen LogP contribution in [0.15, 0.2) is 39.9 Å². The maximum atomic E-state index is 12.5. The van der Waals surface area contributed by atoms with Crippen LogP contribution in [0.4, 0.5) is 0 Å². The monoisotopic (exact) mass is 493 g/mol. The molecule has 2 aromatic carbocycles. The topological polar surface area (TPSA) is 102 Å². The van der Waals surface area contributed by atoms with Crippen LogP contribution in [-0.2, 0) is 13.1 Å². The zero-order valence-electron chi connectivity index (χ0n) is 19.9. The van der Waals surface area contributed by atoms with Crippen LogP contribution >= 0.6 is 11.6 Å². The van der Waals surface area contributed by atoms with E-state index in [1.54, 1.807) is 0 Å². The quantitative estimate of drug-likeness (QED) is 0.298. The summed E-state index contributed by atoms with van der Waals surface area (Å²) in [6.07, 6.45) is 4.68. The van der Waals surface area contributed by atoms with E-state index in [1.165, 1.54) is 12.8 Å². The van der Waals surface area contributed by atoms with Crippen molar-refractivity contribution in [1.29, 1.82) is 0 Å². The highest BCUT2D eigenvalue weighted by Gasteiger charge is 2.22. The van der Waals surface area contributed by atoms with E-state index in [2.05, 4.69) is 20.3 Å². The number of benzene rings is 2. The smallest absolute Gasteiger partial charge is 0.349 e. The summed E-state index contributed by atoms with van der Waals surface area (Å²) < 4.78 is 8.20. The van der Waals surface area contributed by atoms with Crippen LogP contribution in [-0.4, -0.2) is 32.2 Å². The fourth-order valence-corrected chi connectivity index (χ4v) is 4.96. The number of nitrogens with zero attached hydrogens (tertiary/aromatic N) is 3. The summed E-state index contributed by atoms with van der Waals surface area (Å²) in [5.74, 6) is 1.07. The van der Waals surface area contributed by atoms with Crippen LogP contribution in [0.2, 0.25) is 5.02 Å². The molecular formula is C26H28ClN5O3. The molecule has 1 fully saturated rings. The molecule has 0 unspecified atom stereocenters. The number of aromatic amines is 1. The van der Waals surface area contributed by atoms with Gasteiger partial charge in [0.1, 0.15) is 5.75 Å². The number of aryl methyl sites for hydroxylation is 2. The van der Waals surface area contributed by atoms with E-state index in [9.17, 15) is 9.59 Å². The summed E-state index contributed by atoms with van der Waals surface area (Å²) in [5, 5.41) is 4.16. The van der Waals surface area contributed by atoms with Gasteiger partial charge in [-0.15, -0.1) is 0 Å². The lowest BCUT2D eigenvalue weighted by Gasteiger charge is -2.20. The van der Waals surface area contributed by atoms with Crippen LogP contribution in [0.1, 0.15) is 42.4 Å². The molecule has 0 spiro atoms. The van der Waals surface area contributed by atoms with Gasteiger partial charge in [0.2, 0.25) is 0 Å². The van der Waals surface area contributed by atoms with Crippen molar-refractivity contribution in [1.82, 2.24) is 24.8 Å². The largest absolute Gasteiger partial charge is 0.490 e. The number of hydrogen-bond acceptors (Lipinski definition) is 6. The molecule has 0 amide bonds. The van der Waals surface area contributed by atoms with Gasteiger partial charge in [0.05, 0.1) is 17.1 Å². The maximum Gasteiger partial charge on any atom is 0.349 e. The Labute approximate surface area is 207 Å². The Kier molecular flexibility index (Phi) is 6.58. The molecule has 0 atom stereocenters. The molecule has 2 aliphatic heterocycles. The van der Waals surface area contributed by atoms with Gasteiger partial charge in [0.25, 0.3) is 5.56 Å². The lowest BCUT2D eigenvalue weighted by Crippen LogP contribution is -2.30. The maximum absolute atomic E-state index is 12.5. The lowest BCUT2D eigenvalue weighted by molar-refractivity contribution is 0.209. The Morgan fingerprint density at radius 3 is 2.69 bits per heavy atom. The molecule has 0 bridgehead atoms. The number of nitrogens with one attached hydrogen (secondary N) is 2. The summed E-state index contributed by atoms with van der Waals surface area (Å²) in [5.41, 5.74) is 3.60. The van der Waals surface area contributed by atoms with E-state index in [4.69, 9.17) is 16.3 Å². The SMILES string of the molecule is Cc1cc(Cl)ccc1CNCCn1c2nc(=O)[nH]c(=O)c-2nc2cc(C)c(OC3CCCC3)cc21. The van der Waals surface area contributed by atoms with E-state index in [-0.39, 0.29) is 17.6 Å². The van der Waals surface area contributed by atoms with Gasteiger partial charge < -0.3 is 14.6 Å². The third kappa shape index (κ3) is 4.94. The summed E-state index contributed by atoms with van der Waals surface area (Å²) in [4.78, 5) is 35.5. The van der Waals surface area contributed by atoms with Gasteiger partial charge in [0.15, 0.2) is 11.5 Å². The molecule has 3 aliphatic rings. The molecule has 182 valence electrons. The molecule has 0 radical (unpaired) electrons. The van der Waals surface area contributed by atoms with Crippen molar-refractivity contribution in [2.24, 2.45) is 0 Å². The third-order valence-corrected chi connectivity index (χ3v) is 6.87. The van der Waals surface area contributed by atoms with Crippen LogP contribution < -0.4 is 21.3 Å². The fourth-order valence-electron chi connectivity index (χ4n) is 4.74. The Bertz CT molecular complexity index is 1470. The van der Waals surface area contributed by atoms with E-state index in [1.807, 2.05) is 48.7 Å². The molecule has 1 saturated carbocycles. The number of rotatable bonds is 7. The summed E-state index contributed by atoms with van der Waals surface area (Å²) in [6.45, 7) is 5.77. The first-order chi connectivity index (χ1) is 16.9. The minimum atomic E-state index is -0.684. The molecular weight excluding hydrogens is 466 g/mol. The number of aromatic nitrogens is 4. The van der Waals surface area contributed by atoms with Gasteiger partial charge in [-0.3, -0.25) is 9.78 Å². The molecule has 1 aliphatic carbocycles. The standard InChI is InChI=1S/C26H28ClN5O3/c1-15-11-18(27)8-7-17(15)14-28-9-10-32-21-13-22(35-19-5-3-4-6-19)16(2)12-20(21)29-23-24(32)30-26(34)31-25(23)33/h7-8,11-13,19,28H,3-6,9-10,14H2,1-2H3,(H,31,33,34). The Balaban J connectivity index is 1.50. The molecule has 35 heavy (non-hydrogen) atoms. The number of hydrogen-bond donors (Lipinski definition) is 2. The van der Waals surface area contributed by atoms with Crippen LogP contribution in [0.3, 0.4) is 0 Å². The number of ether oxygens (including phenoxy) is 1. The first-order valence-electron chi connectivity index (χ1n) is 12.0. The summed E-state index contributed by atoms with van der Waals surface area (Å²) >= 11 is 6.07. The van der Waals surface area contributed by atoms with Crippen molar-refractivity contribution in [2.45, 2.75) is 58.7 Å². The minimum absolute atomic E-state index is 0.148. The lowest BCUT2D eigenvalue weighted by atomic mass is 10.1. The molecule has 9 heteroatoms. The van der Waals surface area contributed by atoms with Crippen molar-refractivity contribution >= 4 is 22.6 Å². The van der Waals surface area contributed by atoms with Crippen LogP contribution in [0.25, 0.3) is 22.6 Å². The van der Waals surface area contributed by atoms with Gasteiger partial charge in [-0.1, -0.05) is 17.7 Å². The van der Waals surface area contributed by atoms with E-state index < -0.39 is 11.2 Å². The van der Waals surface area contributed by atoms with Crippen molar-refractivity contribution in [3.05, 3.63) is 72.9 Å². The molecule has 0 saturated heterocycles. The van der Waals surface area contributed by atoms with Crippen molar-refractivity contribution in [2.75, 3.05) is 6.54 Å². The van der Waals surface area contributed by atoms with E-state index >= 15 is 0 Å². The second kappa shape index (κ2) is 9.79. The van der Waals surface area contributed by atoms with E-state index in [0.717, 1.165) is 40.8 Å². The van der Waals surface area contributed by atoms with Gasteiger partial charge in [0, 0.05) is 30.7 Å². The highest BCUT2D eigenvalue weighted by molar-refractivity contribution is 6.30. The average Bonchev–Trinajstić information content (AvgIpc) is 3.32. The van der Waals surface area contributed by atoms with Crippen LogP contribution in [0.5, 0.6) is 5.75 Å². The molecule has 2 aromatic rings. The normalized spacial score (nSPS) is 14.3. The number of H-pyrrole nitrogens is 1. The van der Waals surface area contributed by atoms with Crippen LogP contribution in [0, 0.1) is 13.8 Å².